The van der Waals surface area contributed by atoms with Crippen molar-refractivity contribution in [3.63, 3.8) is 0 Å². The maximum atomic E-state index is 13.4. The van der Waals surface area contributed by atoms with Gasteiger partial charge in [-0.25, -0.2) is 9.07 Å². The van der Waals surface area contributed by atoms with Crippen molar-refractivity contribution in [2.24, 2.45) is 0 Å². The highest BCUT2D eigenvalue weighted by Gasteiger charge is 2.30. The molecule has 1 aliphatic heterocycles. The van der Waals surface area contributed by atoms with E-state index in [1.54, 1.807) is 12.1 Å². The van der Waals surface area contributed by atoms with Gasteiger partial charge in [-0.3, -0.25) is 4.79 Å². The Morgan fingerprint density at radius 3 is 2.39 bits per heavy atom. The quantitative estimate of drug-likeness (QED) is 0.604. The summed E-state index contributed by atoms with van der Waals surface area (Å²) in [6, 6.07) is 14.1. The lowest BCUT2D eigenvalue weighted by Gasteiger charge is -2.36. The van der Waals surface area contributed by atoms with Gasteiger partial charge in [-0.2, -0.15) is 5.10 Å². The van der Waals surface area contributed by atoms with Gasteiger partial charge in [-0.1, -0.05) is 23.7 Å². The average molecular weight is 439 g/mol. The zero-order valence-electron chi connectivity index (χ0n) is 17.2. The Labute approximate surface area is 186 Å². The van der Waals surface area contributed by atoms with Crippen molar-refractivity contribution in [2.75, 3.05) is 31.1 Å². The van der Waals surface area contributed by atoms with Crippen LogP contribution in [-0.4, -0.2) is 46.8 Å². The van der Waals surface area contributed by atoms with Gasteiger partial charge in [-0.15, -0.1) is 0 Å². The molecule has 160 valence electrons. The number of nitrogens with zero attached hydrogens (tertiary/aromatic N) is 4. The van der Waals surface area contributed by atoms with Crippen LogP contribution in [0.25, 0.3) is 5.69 Å². The number of anilines is 1. The highest BCUT2D eigenvalue weighted by atomic mass is 35.5. The smallest absolute Gasteiger partial charge is 0.274 e. The van der Waals surface area contributed by atoms with Crippen molar-refractivity contribution in [1.82, 2.24) is 14.7 Å². The fourth-order valence-electron chi connectivity index (χ4n) is 4.58. The van der Waals surface area contributed by atoms with E-state index >= 15 is 0 Å². The predicted molar refractivity (Wildman–Crippen MR) is 120 cm³/mol. The van der Waals surface area contributed by atoms with Gasteiger partial charge in [0.15, 0.2) is 5.69 Å². The maximum Gasteiger partial charge on any atom is 0.274 e. The zero-order chi connectivity index (χ0) is 21.4. The third kappa shape index (κ3) is 3.81. The second-order valence-electron chi connectivity index (χ2n) is 8.10. The largest absolute Gasteiger partial charge is 0.367 e. The van der Waals surface area contributed by atoms with Crippen LogP contribution >= 0.6 is 11.6 Å². The fraction of sp³-hybridized carbons (Fsp3) is 0.333. The Balaban J connectivity index is 1.39. The van der Waals surface area contributed by atoms with Crippen LogP contribution in [0.15, 0.2) is 48.5 Å². The molecule has 0 spiro atoms. The lowest BCUT2D eigenvalue weighted by molar-refractivity contribution is 0.0739. The first-order chi connectivity index (χ1) is 15.1. The summed E-state index contributed by atoms with van der Waals surface area (Å²) in [6.45, 7) is 2.72. The van der Waals surface area contributed by atoms with Crippen LogP contribution in [0.5, 0.6) is 0 Å². The van der Waals surface area contributed by atoms with Gasteiger partial charge in [0.2, 0.25) is 0 Å². The van der Waals surface area contributed by atoms with E-state index in [9.17, 15) is 9.18 Å². The van der Waals surface area contributed by atoms with Gasteiger partial charge in [0.1, 0.15) is 5.82 Å². The minimum atomic E-state index is -0.280. The van der Waals surface area contributed by atoms with E-state index in [4.69, 9.17) is 16.7 Å². The molecule has 1 aromatic heterocycles. The number of fused-ring (bicyclic) bond motifs is 1. The van der Waals surface area contributed by atoms with Crippen LogP contribution in [0.3, 0.4) is 0 Å². The molecule has 1 aliphatic carbocycles. The summed E-state index contributed by atoms with van der Waals surface area (Å²) in [5.74, 6) is -0.296. The van der Waals surface area contributed by atoms with Crippen LogP contribution in [0, 0.1) is 5.82 Å². The third-order valence-electron chi connectivity index (χ3n) is 6.21. The van der Waals surface area contributed by atoms with E-state index in [1.807, 2.05) is 33.8 Å². The molecule has 31 heavy (non-hydrogen) atoms. The summed E-state index contributed by atoms with van der Waals surface area (Å²) in [7, 11) is 0. The molecular formula is C24H24ClFN4O. The molecule has 1 saturated heterocycles. The van der Waals surface area contributed by atoms with Crippen molar-refractivity contribution in [2.45, 2.75) is 25.7 Å². The van der Waals surface area contributed by atoms with Gasteiger partial charge in [0.25, 0.3) is 5.91 Å². The molecule has 0 saturated carbocycles. The number of aromatic nitrogens is 2. The highest BCUT2D eigenvalue weighted by molar-refractivity contribution is 6.33. The van der Waals surface area contributed by atoms with E-state index in [-0.39, 0.29) is 11.7 Å². The van der Waals surface area contributed by atoms with E-state index in [0.29, 0.717) is 18.8 Å². The second kappa shape index (κ2) is 8.35. The molecule has 5 rings (SSSR count). The number of amides is 1. The lowest BCUT2D eigenvalue weighted by atomic mass is 9.95. The SMILES string of the molecule is O=C(c1nn(-c2ccc(F)cc2)c2c1CCCC2)N1CCN(c2ccccc2Cl)CC1. The first-order valence-corrected chi connectivity index (χ1v) is 11.1. The van der Waals surface area contributed by atoms with Gasteiger partial charge in [-0.05, 0) is 62.1 Å². The Morgan fingerprint density at radius 1 is 0.935 bits per heavy atom. The Kier molecular flexibility index (Phi) is 5.40. The predicted octanol–water partition coefficient (Wildman–Crippen LogP) is 4.51. The molecule has 0 radical (unpaired) electrons. The van der Waals surface area contributed by atoms with Crippen molar-refractivity contribution >= 4 is 23.2 Å². The summed E-state index contributed by atoms with van der Waals surface area (Å²) in [5, 5.41) is 5.46. The maximum absolute atomic E-state index is 13.4. The summed E-state index contributed by atoms with van der Waals surface area (Å²) < 4.78 is 15.2. The van der Waals surface area contributed by atoms with Gasteiger partial charge < -0.3 is 9.80 Å². The third-order valence-corrected chi connectivity index (χ3v) is 6.53. The van der Waals surface area contributed by atoms with Crippen LogP contribution in [0.4, 0.5) is 10.1 Å². The number of carbonyl (C=O) groups excluding carboxylic acids is 1. The van der Waals surface area contributed by atoms with Crippen LogP contribution in [-0.2, 0) is 12.8 Å². The van der Waals surface area contributed by atoms with E-state index in [0.717, 1.165) is 66.4 Å². The molecule has 5 nitrogen and oxygen atoms in total. The molecule has 0 unspecified atom stereocenters. The number of hydrogen-bond acceptors (Lipinski definition) is 3. The molecule has 1 fully saturated rings. The number of hydrogen-bond donors (Lipinski definition) is 0. The summed E-state index contributed by atoms with van der Waals surface area (Å²) in [6.07, 6.45) is 3.87. The van der Waals surface area contributed by atoms with Crippen molar-refractivity contribution in [1.29, 1.82) is 0 Å². The number of para-hydroxylation sites is 1. The normalized spacial score (nSPS) is 16.3. The van der Waals surface area contributed by atoms with E-state index in [1.165, 1.54) is 12.1 Å². The Bertz CT molecular complexity index is 1100. The molecule has 0 atom stereocenters. The second-order valence-corrected chi connectivity index (χ2v) is 8.51. The van der Waals surface area contributed by atoms with Gasteiger partial charge in [0.05, 0.1) is 16.4 Å². The molecule has 0 N–H and O–H groups in total. The number of halogens is 2. The van der Waals surface area contributed by atoms with Crippen LogP contribution in [0.1, 0.15) is 34.6 Å². The molecule has 0 bridgehead atoms. The summed E-state index contributed by atoms with van der Waals surface area (Å²) in [5.41, 5.74) is 4.48. The number of piperazine rings is 1. The molecule has 1 amide bonds. The monoisotopic (exact) mass is 438 g/mol. The zero-order valence-corrected chi connectivity index (χ0v) is 18.0. The Hall–Kier alpha value is -2.86. The van der Waals surface area contributed by atoms with Crippen LogP contribution < -0.4 is 4.90 Å². The minimum absolute atomic E-state index is 0.0159. The van der Waals surface area contributed by atoms with E-state index < -0.39 is 0 Å². The number of carbonyl (C=O) groups is 1. The molecular weight excluding hydrogens is 415 g/mol. The van der Waals surface area contributed by atoms with Gasteiger partial charge in [0, 0.05) is 37.4 Å². The van der Waals surface area contributed by atoms with Crippen molar-refractivity contribution < 1.29 is 9.18 Å². The van der Waals surface area contributed by atoms with Crippen molar-refractivity contribution in [3.8, 4) is 5.69 Å². The standard InChI is InChI=1S/C24H24ClFN4O/c25-20-6-2-4-8-22(20)28-13-15-29(16-14-28)24(31)23-19-5-1-3-7-21(19)30(27-23)18-11-9-17(26)10-12-18/h2,4,6,8-12H,1,3,5,7,13-16H2. The van der Waals surface area contributed by atoms with Crippen LogP contribution in [0.2, 0.25) is 5.02 Å². The lowest BCUT2D eigenvalue weighted by Crippen LogP contribution is -2.49. The Morgan fingerprint density at radius 2 is 1.65 bits per heavy atom. The topological polar surface area (TPSA) is 41.4 Å². The molecule has 2 aliphatic rings. The number of rotatable bonds is 3. The molecule has 2 heterocycles. The number of benzene rings is 2. The summed E-state index contributed by atoms with van der Waals surface area (Å²) in [4.78, 5) is 17.5. The highest BCUT2D eigenvalue weighted by Crippen LogP contribution is 2.29. The van der Waals surface area contributed by atoms with E-state index in [2.05, 4.69) is 4.90 Å². The average Bonchev–Trinajstić information content (AvgIpc) is 3.19. The fourth-order valence-corrected chi connectivity index (χ4v) is 4.83. The molecule has 2 aromatic carbocycles. The van der Waals surface area contributed by atoms with Gasteiger partial charge >= 0.3 is 0 Å². The minimum Gasteiger partial charge on any atom is -0.367 e. The molecule has 7 heteroatoms. The first-order valence-electron chi connectivity index (χ1n) is 10.8. The van der Waals surface area contributed by atoms with Crippen molar-refractivity contribution in [3.05, 3.63) is 76.3 Å². The summed E-state index contributed by atoms with van der Waals surface area (Å²) >= 11 is 6.34. The molecule has 3 aromatic rings. The first kappa shape index (κ1) is 20.1.